The number of nitrogens with two attached hydrogens (primary N) is 1. The third-order valence-corrected chi connectivity index (χ3v) is 3.45. The van der Waals surface area contributed by atoms with Crippen LogP contribution in [-0.2, 0) is 0 Å². The second kappa shape index (κ2) is 4.10. The van der Waals surface area contributed by atoms with Crippen LogP contribution in [0.1, 0.15) is 17.4 Å². The van der Waals surface area contributed by atoms with Gasteiger partial charge in [0.05, 0.1) is 33.3 Å². The van der Waals surface area contributed by atoms with E-state index in [0.29, 0.717) is 11.3 Å². The van der Waals surface area contributed by atoms with Gasteiger partial charge in [-0.05, 0) is 18.5 Å². The monoisotopic (exact) mass is 308 g/mol. The SMILES string of the molecule is C=C(N)c1sn(I)c(=O)c1/C=C\C. The van der Waals surface area contributed by atoms with E-state index < -0.39 is 0 Å². The molecule has 1 heterocycles. The van der Waals surface area contributed by atoms with Crippen molar-refractivity contribution >= 4 is 46.2 Å². The third-order valence-electron chi connectivity index (χ3n) is 1.43. The Balaban J connectivity index is 3.44. The van der Waals surface area contributed by atoms with Gasteiger partial charge in [0.25, 0.3) is 5.56 Å². The van der Waals surface area contributed by atoms with Crippen molar-refractivity contribution in [2.24, 2.45) is 5.73 Å². The summed E-state index contributed by atoms with van der Waals surface area (Å²) >= 11 is 3.24. The minimum atomic E-state index is -0.0368. The van der Waals surface area contributed by atoms with Crippen molar-refractivity contribution in [3.8, 4) is 0 Å². The molecule has 13 heavy (non-hydrogen) atoms. The zero-order valence-electron chi connectivity index (χ0n) is 7.08. The molecule has 0 aromatic carbocycles. The first-order valence-electron chi connectivity index (χ1n) is 3.58. The smallest absolute Gasteiger partial charge is 0.277 e. The molecule has 70 valence electrons. The summed E-state index contributed by atoms with van der Waals surface area (Å²) in [6, 6.07) is 0. The van der Waals surface area contributed by atoms with Crippen LogP contribution in [0, 0.1) is 0 Å². The summed E-state index contributed by atoms with van der Waals surface area (Å²) in [4.78, 5) is 12.2. The van der Waals surface area contributed by atoms with Crippen LogP contribution in [0.15, 0.2) is 17.4 Å². The normalized spacial score (nSPS) is 10.9. The molecule has 0 aliphatic carbocycles. The molecule has 1 aromatic rings. The minimum Gasteiger partial charge on any atom is -0.398 e. The van der Waals surface area contributed by atoms with E-state index in [2.05, 4.69) is 6.58 Å². The number of aromatic nitrogens is 1. The van der Waals surface area contributed by atoms with Crippen molar-refractivity contribution in [3.63, 3.8) is 0 Å². The first-order valence-corrected chi connectivity index (χ1v) is 5.31. The molecule has 0 radical (unpaired) electrons. The largest absolute Gasteiger partial charge is 0.398 e. The molecule has 1 aromatic heterocycles. The second-order valence-corrected chi connectivity index (χ2v) is 4.98. The van der Waals surface area contributed by atoms with Gasteiger partial charge in [-0.25, -0.2) is 2.17 Å². The van der Waals surface area contributed by atoms with E-state index in [1.807, 2.05) is 35.9 Å². The Hall–Kier alpha value is -0.560. The lowest BCUT2D eigenvalue weighted by atomic mass is 10.2. The van der Waals surface area contributed by atoms with Crippen molar-refractivity contribution in [1.29, 1.82) is 0 Å². The Bertz CT molecular complexity index is 416. The van der Waals surface area contributed by atoms with Gasteiger partial charge in [0.2, 0.25) is 0 Å². The molecule has 0 fully saturated rings. The van der Waals surface area contributed by atoms with E-state index in [4.69, 9.17) is 5.73 Å². The van der Waals surface area contributed by atoms with Crippen LogP contribution in [0.5, 0.6) is 0 Å². The summed E-state index contributed by atoms with van der Waals surface area (Å²) in [5.74, 6) is 0. The first-order chi connectivity index (χ1) is 6.07. The predicted molar refractivity (Wildman–Crippen MR) is 65.9 cm³/mol. The maximum Gasteiger partial charge on any atom is 0.277 e. The molecule has 0 atom stereocenters. The lowest BCUT2D eigenvalue weighted by molar-refractivity contribution is 1.37. The Kier molecular flexibility index (Phi) is 3.32. The predicted octanol–water partition coefficient (Wildman–Crippen LogP) is 2.07. The number of rotatable bonds is 2. The van der Waals surface area contributed by atoms with Crippen molar-refractivity contribution in [3.05, 3.63) is 33.4 Å². The summed E-state index contributed by atoms with van der Waals surface area (Å²) in [5, 5.41) is 0. The van der Waals surface area contributed by atoms with Gasteiger partial charge in [-0.1, -0.05) is 18.7 Å². The molecular formula is C8H9IN2OS. The molecule has 0 saturated heterocycles. The average Bonchev–Trinajstić information content (AvgIpc) is 2.33. The number of hydrogen-bond donors (Lipinski definition) is 1. The molecule has 0 unspecified atom stereocenters. The standard InChI is InChI=1S/C8H9IN2OS/c1-3-4-6-7(5(2)10)13-11(9)8(6)12/h3-4H,2,10H2,1H3/b4-3-. The highest BCUT2D eigenvalue weighted by atomic mass is 127. The molecule has 0 spiro atoms. The van der Waals surface area contributed by atoms with Gasteiger partial charge >= 0.3 is 0 Å². The Morgan fingerprint density at radius 3 is 2.85 bits per heavy atom. The van der Waals surface area contributed by atoms with E-state index in [1.54, 1.807) is 6.08 Å². The molecule has 5 heteroatoms. The molecule has 0 saturated carbocycles. The topological polar surface area (TPSA) is 48.0 Å². The van der Waals surface area contributed by atoms with Crippen LogP contribution in [0.3, 0.4) is 0 Å². The number of hydrogen-bond acceptors (Lipinski definition) is 3. The van der Waals surface area contributed by atoms with E-state index in [-0.39, 0.29) is 5.56 Å². The highest BCUT2D eigenvalue weighted by molar-refractivity contribution is 14.1. The fourth-order valence-corrected chi connectivity index (χ4v) is 2.47. The fraction of sp³-hybridized carbons (Fsp3) is 0.125. The lowest BCUT2D eigenvalue weighted by Crippen LogP contribution is -2.07. The molecular weight excluding hydrogens is 299 g/mol. The van der Waals surface area contributed by atoms with Gasteiger partial charge in [-0.3, -0.25) is 4.79 Å². The van der Waals surface area contributed by atoms with Gasteiger partial charge in [-0.2, -0.15) is 0 Å². The van der Waals surface area contributed by atoms with E-state index in [0.717, 1.165) is 4.88 Å². The first kappa shape index (κ1) is 10.5. The van der Waals surface area contributed by atoms with Crippen LogP contribution in [-0.4, -0.2) is 2.17 Å². The lowest BCUT2D eigenvalue weighted by Gasteiger charge is -1.93. The van der Waals surface area contributed by atoms with Crippen molar-refractivity contribution in [2.45, 2.75) is 6.92 Å². The van der Waals surface area contributed by atoms with Gasteiger partial charge in [0.1, 0.15) is 0 Å². The van der Waals surface area contributed by atoms with Gasteiger partial charge in [0.15, 0.2) is 0 Å². The van der Waals surface area contributed by atoms with E-state index in [9.17, 15) is 4.79 Å². The zero-order chi connectivity index (χ0) is 10.0. The molecule has 0 aliphatic heterocycles. The van der Waals surface area contributed by atoms with Crippen LogP contribution in [0.2, 0.25) is 0 Å². The van der Waals surface area contributed by atoms with Crippen molar-refractivity contribution in [2.75, 3.05) is 0 Å². The van der Waals surface area contributed by atoms with Crippen molar-refractivity contribution < 1.29 is 0 Å². The molecule has 0 amide bonds. The van der Waals surface area contributed by atoms with Crippen LogP contribution < -0.4 is 11.3 Å². The summed E-state index contributed by atoms with van der Waals surface area (Å²) in [6.07, 6.45) is 3.56. The quantitative estimate of drug-likeness (QED) is 0.850. The van der Waals surface area contributed by atoms with Gasteiger partial charge < -0.3 is 5.73 Å². The van der Waals surface area contributed by atoms with Crippen LogP contribution in [0.25, 0.3) is 11.8 Å². The maximum atomic E-state index is 11.5. The maximum absolute atomic E-state index is 11.5. The number of nitrogens with zero attached hydrogens (tertiary/aromatic N) is 1. The van der Waals surface area contributed by atoms with Crippen LogP contribution in [0.4, 0.5) is 0 Å². The minimum absolute atomic E-state index is 0.0368. The second-order valence-electron chi connectivity index (χ2n) is 2.41. The fourth-order valence-electron chi connectivity index (χ4n) is 0.908. The van der Waals surface area contributed by atoms with E-state index in [1.165, 1.54) is 13.7 Å². The zero-order valence-corrected chi connectivity index (χ0v) is 10.1. The highest BCUT2D eigenvalue weighted by Crippen LogP contribution is 2.20. The van der Waals surface area contributed by atoms with Gasteiger partial charge in [-0.15, -0.1) is 0 Å². The molecule has 3 nitrogen and oxygen atoms in total. The van der Waals surface area contributed by atoms with Gasteiger partial charge in [0, 0.05) is 5.70 Å². The average molecular weight is 308 g/mol. The summed E-state index contributed by atoms with van der Waals surface area (Å²) in [6.45, 7) is 5.48. The number of allylic oxidation sites excluding steroid dienone is 1. The Morgan fingerprint density at radius 1 is 1.77 bits per heavy atom. The highest BCUT2D eigenvalue weighted by Gasteiger charge is 2.11. The number of halogens is 1. The van der Waals surface area contributed by atoms with E-state index >= 15 is 0 Å². The summed E-state index contributed by atoms with van der Waals surface area (Å²) in [7, 11) is 0. The molecule has 0 aliphatic rings. The summed E-state index contributed by atoms with van der Waals surface area (Å²) < 4.78 is 1.51. The molecule has 2 N–H and O–H groups in total. The molecule has 0 bridgehead atoms. The third kappa shape index (κ3) is 2.02. The summed E-state index contributed by atoms with van der Waals surface area (Å²) in [5.41, 5.74) is 6.57. The Labute approximate surface area is 94.2 Å². The van der Waals surface area contributed by atoms with Crippen molar-refractivity contribution in [1.82, 2.24) is 2.17 Å². The Morgan fingerprint density at radius 2 is 2.38 bits per heavy atom. The molecule has 1 rings (SSSR count). The van der Waals surface area contributed by atoms with Crippen LogP contribution >= 0.6 is 34.4 Å².